The molecule has 0 bridgehead atoms. The van der Waals surface area contributed by atoms with E-state index in [1.165, 1.54) is 36.8 Å². The van der Waals surface area contributed by atoms with Crippen LogP contribution in [0.1, 0.15) is 124 Å². The molecule has 2 aromatic carbocycles. The zero-order valence-corrected chi connectivity index (χ0v) is 22.0. The van der Waals surface area contributed by atoms with Crippen LogP contribution in [-0.2, 0) is 0 Å². The molecule has 0 aliphatic heterocycles. The summed E-state index contributed by atoms with van der Waals surface area (Å²) in [7, 11) is 0. The second-order valence-corrected chi connectivity index (χ2v) is 11.7. The van der Waals surface area contributed by atoms with Gasteiger partial charge in [-0.25, -0.2) is 8.78 Å². The maximum absolute atomic E-state index is 15.2. The molecule has 0 saturated heterocycles. The lowest BCUT2D eigenvalue weighted by atomic mass is 9.75. The van der Waals surface area contributed by atoms with Crippen LogP contribution >= 0.6 is 0 Å². The minimum absolute atomic E-state index is 0.0248. The van der Waals surface area contributed by atoms with E-state index in [-0.39, 0.29) is 17.6 Å². The van der Waals surface area contributed by atoms with Crippen molar-refractivity contribution in [2.45, 2.75) is 102 Å². The SMILES string of the molecule is C=CC1CCC(c2ccc(C3CCC(c4ccc(C5=CCC(CC)CC5)c(F)c4)CC3)c(F)c2)CC1. The van der Waals surface area contributed by atoms with Gasteiger partial charge in [0, 0.05) is 5.56 Å². The Morgan fingerprint density at radius 2 is 1.39 bits per heavy atom. The van der Waals surface area contributed by atoms with Crippen LogP contribution in [0.4, 0.5) is 8.78 Å². The Labute approximate surface area is 216 Å². The zero-order chi connectivity index (χ0) is 25.1. The number of hydrogen-bond acceptors (Lipinski definition) is 0. The maximum atomic E-state index is 15.2. The highest BCUT2D eigenvalue weighted by atomic mass is 19.1. The molecular weight excluding hydrogens is 446 g/mol. The summed E-state index contributed by atoms with van der Waals surface area (Å²) in [5.74, 6) is 2.42. The normalized spacial score (nSPS) is 29.0. The van der Waals surface area contributed by atoms with Crippen molar-refractivity contribution in [2.75, 3.05) is 0 Å². The summed E-state index contributed by atoms with van der Waals surface area (Å²) in [5, 5.41) is 0. The minimum atomic E-state index is -0.0698. The fourth-order valence-electron chi connectivity index (χ4n) is 7.10. The first kappa shape index (κ1) is 25.4. The number of benzene rings is 2. The van der Waals surface area contributed by atoms with Gasteiger partial charge in [-0.1, -0.05) is 49.8 Å². The van der Waals surface area contributed by atoms with E-state index in [9.17, 15) is 0 Å². The van der Waals surface area contributed by atoms with Gasteiger partial charge in [0.25, 0.3) is 0 Å². The molecule has 2 saturated carbocycles. The summed E-state index contributed by atoms with van der Waals surface area (Å²) in [6.07, 6.45) is 17.3. The topological polar surface area (TPSA) is 0 Å². The fourth-order valence-corrected chi connectivity index (χ4v) is 7.10. The Morgan fingerprint density at radius 3 is 1.94 bits per heavy atom. The second kappa shape index (κ2) is 11.4. The lowest BCUT2D eigenvalue weighted by molar-refractivity contribution is 0.373. The molecule has 3 aliphatic rings. The number of rotatable bonds is 6. The van der Waals surface area contributed by atoms with Crippen LogP contribution in [0, 0.1) is 23.5 Å². The van der Waals surface area contributed by atoms with E-state index in [4.69, 9.17) is 0 Å². The fraction of sp³-hybridized carbons (Fsp3) is 0.529. The van der Waals surface area contributed by atoms with Crippen LogP contribution in [0.5, 0.6) is 0 Å². The molecule has 0 N–H and O–H groups in total. The molecule has 0 nitrogen and oxygen atoms in total. The van der Waals surface area contributed by atoms with E-state index in [2.05, 4.69) is 43.9 Å². The van der Waals surface area contributed by atoms with Gasteiger partial charge in [0.15, 0.2) is 0 Å². The third-order valence-electron chi connectivity index (χ3n) is 9.68. The highest BCUT2D eigenvalue weighted by Crippen LogP contribution is 2.43. The van der Waals surface area contributed by atoms with Crippen molar-refractivity contribution in [1.82, 2.24) is 0 Å². The molecule has 1 unspecified atom stereocenters. The summed E-state index contributed by atoms with van der Waals surface area (Å²) in [5.41, 5.74) is 5.14. The van der Waals surface area contributed by atoms with E-state index in [0.29, 0.717) is 17.8 Å². The average Bonchev–Trinajstić information content (AvgIpc) is 2.93. The lowest BCUT2D eigenvalue weighted by Crippen LogP contribution is -2.15. The van der Waals surface area contributed by atoms with Crippen molar-refractivity contribution < 1.29 is 8.78 Å². The monoisotopic (exact) mass is 488 g/mol. The second-order valence-electron chi connectivity index (χ2n) is 11.7. The lowest BCUT2D eigenvalue weighted by Gasteiger charge is -2.30. The first-order valence-corrected chi connectivity index (χ1v) is 14.5. The van der Waals surface area contributed by atoms with Gasteiger partial charge in [-0.3, -0.25) is 0 Å². The molecule has 0 heterocycles. The molecule has 36 heavy (non-hydrogen) atoms. The van der Waals surface area contributed by atoms with Crippen LogP contribution < -0.4 is 0 Å². The molecule has 3 aliphatic carbocycles. The molecule has 2 aromatic rings. The number of allylic oxidation sites excluding steroid dienone is 3. The predicted octanol–water partition coefficient (Wildman–Crippen LogP) is 10.5. The molecule has 0 amide bonds. The molecular formula is C34H42F2. The van der Waals surface area contributed by atoms with E-state index >= 15 is 8.78 Å². The molecule has 0 radical (unpaired) electrons. The Morgan fingerprint density at radius 1 is 0.778 bits per heavy atom. The first-order chi connectivity index (χ1) is 17.6. The standard InChI is InChI=1S/C34H42F2/c1-3-23-5-9-25(10-6-23)29-17-20-32(34(36)21-29)28-15-13-26(14-16-28)30-18-19-31(33(35)22-30)27-11-7-24(4-2)8-12-27/h3,11,17-26,28H,1,4-10,12-16H2,2H3. The van der Waals surface area contributed by atoms with Gasteiger partial charge in [-0.2, -0.15) is 0 Å². The Hall–Kier alpha value is -2.22. The highest BCUT2D eigenvalue weighted by Gasteiger charge is 2.27. The Kier molecular flexibility index (Phi) is 8.09. The van der Waals surface area contributed by atoms with Crippen molar-refractivity contribution in [1.29, 1.82) is 0 Å². The molecule has 2 heteroatoms. The van der Waals surface area contributed by atoms with Crippen LogP contribution in [0.3, 0.4) is 0 Å². The van der Waals surface area contributed by atoms with Crippen molar-refractivity contribution in [2.24, 2.45) is 11.8 Å². The first-order valence-electron chi connectivity index (χ1n) is 14.5. The van der Waals surface area contributed by atoms with Gasteiger partial charge >= 0.3 is 0 Å². The third-order valence-corrected chi connectivity index (χ3v) is 9.68. The van der Waals surface area contributed by atoms with Gasteiger partial charge in [-0.05, 0) is 135 Å². The molecule has 0 aromatic heterocycles. The predicted molar refractivity (Wildman–Crippen MR) is 147 cm³/mol. The largest absolute Gasteiger partial charge is 0.207 e. The van der Waals surface area contributed by atoms with Gasteiger partial charge in [0.2, 0.25) is 0 Å². The Bertz CT molecular complexity index is 1080. The molecule has 5 rings (SSSR count). The number of halogens is 2. The Balaban J connectivity index is 1.19. The summed E-state index contributed by atoms with van der Waals surface area (Å²) in [6, 6.07) is 12.0. The van der Waals surface area contributed by atoms with Crippen molar-refractivity contribution in [3.05, 3.63) is 89.0 Å². The van der Waals surface area contributed by atoms with Gasteiger partial charge in [-0.15, -0.1) is 6.58 Å². The van der Waals surface area contributed by atoms with E-state index in [0.717, 1.165) is 74.0 Å². The maximum Gasteiger partial charge on any atom is 0.130 e. The van der Waals surface area contributed by atoms with E-state index in [1.54, 1.807) is 6.07 Å². The van der Waals surface area contributed by atoms with Gasteiger partial charge in [0.05, 0.1) is 0 Å². The van der Waals surface area contributed by atoms with E-state index in [1.807, 2.05) is 12.1 Å². The van der Waals surface area contributed by atoms with Gasteiger partial charge < -0.3 is 0 Å². The number of hydrogen-bond donors (Lipinski definition) is 0. The van der Waals surface area contributed by atoms with Gasteiger partial charge in [0.1, 0.15) is 11.6 Å². The minimum Gasteiger partial charge on any atom is -0.207 e. The van der Waals surface area contributed by atoms with Crippen LogP contribution in [0.25, 0.3) is 5.57 Å². The third kappa shape index (κ3) is 5.53. The van der Waals surface area contributed by atoms with Crippen molar-refractivity contribution in [3.63, 3.8) is 0 Å². The summed E-state index contributed by atoms with van der Waals surface area (Å²) < 4.78 is 30.3. The van der Waals surface area contributed by atoms with Crippen molar-refractivity contribution in [3.8, 4) is 0 Å². The molecule has 1 atom stereocenters. The summed E-state index contributed by atoms with van der Waals surface area (Å²) >= 11 is 0. The quantitative estimate of drug-likeness (QED) is 0.355. The van der Waals surface area contributed by atoms with E-state index < -0.39 is 0 Å². The van der Waals surface area contributed by atoms with Crippen molar-refractivity contribution >= 4 is 5.57 Å². The zero-order valence-electron chi connectivity index (χ0n) is 22.0. The molecule has 192 valence electrons. The molecule has 2 fully saturated rings. The average molecular weight is 489 g/mol. The smallest absolute Gasteiger partial charge is 0.130 e. The van der Waals surface area contributed by atoms with Crippen LogP contribution in [0.2, 0.25) is 0 Å². The molecule has 0 spiro atoms. The van der Waals surface area contributed by atoms with Crippen LogP contribution in [0.15, 0.2) is 55.1 Å². The summed E-state index contributed by atoms with van der Waals surface area (Å²) in [6.45, 7) is 6.18. The van der Waals surface area contributed by atoms with Crippen LogP contribution in [-0.4, -0.2) is 0 Å². The summed E-state index contributed by atoms with van der Waals surface area (Å²) in [4.78, 5) is 0. The highest BCUT2D eigenvalue weighted by molar-refractivity contribution is 5.67.